The Morgan fingerprint density at radius 2 is 1.82 bits per heavy atom. The molecule has 0 saturated heterocycles. The summed E-state index contributed by atoms with van der Waals surface area (Å²) in [5, 5.41) is 14.8. The van der Waals surface area contributed by atoms with Gasteiger partial charge in [0.25, 0.3) is 5.91 Å². The fourth-order valence-corrected chi connectivity index (χ4v) is 2.78. The van der Waals surface area contributed by atoms with Crippen molar-refractivity contribution < 1.29 is 19.5 Å². The second-order valence-electron chi connectivity index (χ2n) is 5.66. The van der Waals surface area contributed by atoms with E-state index in [9.17, 15) is 19.5 Å². The Morgan fingerprint density at radius 3 is 2.41 bits per heavy atom. The van der Waals surface area contributed by atoms with Gasteiger partial charge < -0.3 is 15.7 Å². The van der Waals surface area contributed by atoms with E-state index in [1.54, 1.807) is 18.2 Å². The Kier molecular flexibility index (Phi) is 4.80. The number of benzene rings is 1. The van der Waals surface area contributed by atoms with Crippen molar-refractivity contribution in [2.45, 2.75) is 44.6 Å². The fraction of sp³-hybridized carbons (Fsp3) is 0.438. The van der Waals surface area contributed by atoms with E-state index in [2.05, 4.69) is 10.6 Å². The van der Waals surface area contributed by atoms with E-state index < -0.39 is 17.4 Å². The van der Waals surface area contributed by atoms with E-state index in [0.29, 0.717) is 24.1 Å². The van der Waals surface area contributed by atoms with Crippen molar-refractivity contribution in [1.82, 2.24) is 5.32 Å². The number of hydrogen-bond donors (Lipinski definition) is 3. The molecule has 118 valence electrons. The SMILES string of the molecule is CC(=O)Nc1cccc(C(=O)NC2(C(=O)O)CCCCC2)c1. The fourth-order valence-electron chi connectivity index (χ4n) is 2.78. The van der Waals surface area contributed by atoms with E-state index in [-0.39, 0.29) is 5.91 Å². The minimum atomic E-state index is -1.18. The molecule has 0 aromatic heterocycles. The quantitative estimate of drug-likeness (QED) is 0.794. The van der Waals surface area contributed by atoms with Gasteiger partial charge in [-0.2, -0.15) is 0 Å². The molecule has 2 amide bonds. The van der Waals surface area contributed by atoms with Crippen LogP contribution in [0.2, 0.25) is 0 Å². The molecule has 6 heteroatoms. The van der Waals surface area contributed by atoms with Gasteiger partial charge in [0.15, 0.2) is 0 Å². The molecular weight excluding hydrogens is 284 g/mol. The second kappa shape index (κ2) is 6.60. The molecule has 1 aromatic rings. The molecule has 0 atom stereocenters. The van der Waals surface area contributed by atoms with Crippen LogP contribution in [0.4, 0.5) is 5.69 Å². The van der Waals surface area contributed by atoms with Gasteiger partial charge in [0, 0.05) is 18.2 Å². The first kappa shape index (κ1) is 16.0. The summed E-state index contributed by atoms with van der Waals surface area (Å²) in [7, 11) is 0. The van der Waals surface area contributed by atoms with Crippen LogP contribution in [0, 0.1) is 0 Å². The molecule has 0 unspecified atom stereocenters. The third-order valence-corrected chi connectivity index (χ3v) is 3.91. The minimum absolute atomic E-state index is 0.230. The van der Waals surface area contributed by atoms with Gasteiger partial charge >= 0.3 is 5.97 Å². The summed E-state index contributed by atoms with van der Waals surface area (Å²) in [6.45, 7) is 1.38. The number of carbonyl (C=O) groups excluding carboxylic acids is 2. The lowest BCUT2D eigenvalue weighted by atomic mass is 9.81. The topological polar surface area (TPSA) is 95.5 Å². The van der Waals surface area contributed by atoms with Crippen molar-refractivity contribution in [1.29, 1.82) is 0 Å². The van der Waals surface area contributed by atoms with Gasteiger partial charge in [-0.3, -0.25) is 9.59 Å². The summed E-state index contributed by atoms with van der Waals surface area (Å²) in [5.41, 5.74) is -0.343. The number of amides is 2. The van der Waals surface area contributed by atoms with Crippen molar-refractivity contribution in [3.63, 3.8) is 0 Å². The average Bonchev–Trinajstić information content (AvgIpc) is 2.47. The zero-order valence-corrected chi connectivity index (χ0v) is 12.5. The number of nitrogens with one attached hydrogen (secondary N) is 2. The largest absolute Gasteiger partial charge is 0.480 e. The summed E-state index contributed by atoms with van der Waals surface area (Å²) in [5.74, 6) is -1.65. The Bertz CT molecular complexity index is 592. The maximum Gasteiger partial charge on any atom is 0.329 e. The first-order valence-corrected chi connectivity index (χ1v) is 7.36. The minimum Gasteiger partial charge on any atom is -0.480 e. The van der Waals surface area contributed by atoms with Crippen LogP contribution >= 0.6 is 0 Å². The van der Waals surface area contributed by atoms with Gasteiger partial charge in [-0.05, 0) is 31.0 Å². The zero-order valence-electron chi connectivity index (χ0n) is 12.5. The smallest absolute Gasteiger partial charge is 0.329 e. The van der Waals surface area contributed by atoms with Crippen LogP contribution in [-0.4, -0.2) is 28.4 Å². The molecule has 0 spiro atoms. The van der Waals surface area contributed by atoms with Gasteiger partial charge in [-0.1, -0.05) is 25.3 Å². The van der Waals surface area contributed by atoms with Gasteiger partial charge in [-0.15, -0.1) is 0 Å². The lowest BCUT2D eigenvalue weighted by Crippen LogP contribution is -2.55. The van der Waals surface area contributed by atoms with E-state index in [0.717, 1.165) is 19.3 Å². The first-order valence-electron chi connectivity index (χ1n) is 7.36. The van der Waals surface area contributed by atoms with Gasteiger partial charge in [0.1, 0.15) is 5.54 Å². The van der Waals surface area contributed by atoms with Crippen molar-refractivity contribution >= 4 is 23.5 Å². The summed E-state index contributed by atoms with van der Waals surface area (Å²) < 4.78 is 0. The van der Waals surface area contributed by atoms with E-state index in [4.69, 9.17) is 0 Å². The monoisotopic (exact) mass is 304 g/mol. The summed E-state index contributed by atoms with van der Waals surface area (Å²) in [6, 6.07) is 6.45. The Balaban J connectivity index is 2.17. The maximum atomic E-state index is 12.4. The predicted molar refractivity (Wildman–Crippen MR) is 81.7 cm³/mol. The molecule has 0 aliphatic heterocycles. The van der Waals surface area contributed by atoms with Crippen LogP contribution in [-0.2, 0) is 9.59 Å². The molecule has 1 fully saturated rings. The van der Waals surface area contributed by atoms with Crippen LogP contribution in [0.5, 0.6) is 0 Å². The van der Waals surface area contributed by atoms with Crippen LogP contribution in [0.3, 0.4) is 0 Å². The molecule has 0 bridgehead atoms. The molecule has 1 aliphatic carbocycles. The summed E-state index contributed by atoms with van der Waals surface area (Å²) >= 11 is 0. The zero-order chi connectivity index (χ0) is 16.2. The lowest BCUT2D eigenvalue weighted by Gasteiger charge is -2.34. The van der Waals surface area contributed by atoms with Crippen LogP contribution < -0.4 is 10.6 Å². The predicted octanol–water partition coefficient (Wildman–Crippen LogP) is 2.16. The standard InChI is InChI=1S/C16H20N2O4/c1-11(19)17-13-7-5-6-12(10-13)14(20)18-16(15(21)22)8-3-2-4-9-16/h5-7,10H,2-4,8-9H2,1H3,(H,17,19)(H,18,20)(H,21,22). The molecule has 1 aliphatic rings. The highest BCUT2D eigenvalue weighted by Crippen LogP contribution is 2.29. The number of carboxylic acids is 1. The van der Waals surface area contributed by atoms with Gasteiger partial charge in [0.05, 0.1) is 0 Å². The maximum absolute atomic E-state index is 12.4. The average molecular weight is 304 g/mol. The Morgan fingerprint density at radius 1 is 1.14 bits per heavy atom. The Labute approximate surface area is 128 Å². The lowest BCUT2D eigenvalue weighted by molar-refractivity contribution is -0.145. The van der Waals surface area contributed by atoms with Crippen LogP contribution in [0.1, 0.15) is 49.4 Å². The van der Waals surface area contributed by atoms with E-state index in [1.807, 2.05) is 0 Å². The first-order chi connectivity index (χ1) is 10.4. The number of hydrogen-bond acceptors (Lipinski definition) is 3. The molecule has 6 nitrogen and oxygen atoms in total. The highest BCUT2D eigenvalue weighted by molar-refractivity contribution is 5.99. The molecule has 1 aromatic carbocycles. The summed E-state index contributed by atoms with van der Waals surface area (Å²) in [4.78, 5) is 35.0. The number of anilines is 1. The molecule has 0 radical (unpaired) electrons. The van der Waals surface area contributed by atoms with Gasteiger partial charge in [0.2, 0.25) is 5.91 Å². The highest BCUT2D eigenvalue weighted by Gasteiger charge is 2.41. The Hall–Kier alpha value is -2.37. The van der Waals surface area contributed by atoms with E-state index >= 15 is 0 Å². The van der Waals surface area contributed by atoms with Crippen molar-refractivity contribution in [3.05, 3.63) is 29.8 Å². The summed E-state index contributed by atoms with van der Waals surface area (Å²) in [6.07, 6.45) is 3.46. The molecular formula is C16H20N2O4. The van der Waals surface area contributed by atoms with E-state index in [1.165, 1.54) is 13.0 Å². The number of rotatable bonds is 4. The number of aliphatic carboxylic acids is 1. The normalized spacial score (nSPS) is 16.6. The van der Waals surface area contributed by atoms with Crippen molar-refractivity contribution in [3.8, 4) is 0 Å². The molecule has 1 saturated carbocycles. The van der Waals surface area contributed by atoms with Crippen molar-refractivity contribution in [2.24, 2.45) is 0 Å². The van der Waals surface area contributed by atoms with Gasteiger partial charge in [-0.25, -0.2) is 4.79 Å². The van der Waals surface area contributed by atoms with Crippen LogP contribution in [0.25, 0.3) is 0 Å². The van der Waals surface area contributed by atoms with Crippen LogP contribution in [0.15, 0.2) is 24.3 Å². The second-order valence-corrected chi connectivity index (χ2v) is 5.66. The number of carboxylic acid groups (broad SMARTS) is 1. The molecule has 22 heavy (non-hydrogen) atoms. The molecule has 3 N–H and O–H groups in total. The third kappa shape index (κ3) is 3.63. The molecule has 2 rings (SSSR count). The molecule has 0 heterocycles. The third-order valence-electron chi connectivity index (χ3n) is 3.91. The number of carbonyl (C=O) groups is 3. The highest BCUT2D eigenvalue weighted by atomic mass is 16.4. The van der Waals surface area contributed by atoms with Crippen molar-refractivity contribution in [2.75, 3.05) is 5.32 Å².